The van der Waals surface area contributed by atoms with Crippen molar-refractivity contribution in [1.29, 1.82) is 0 Å². The molecule has 136 valence electrons. The van der Waals surface area contributed by atoms with Gasteiger partial charge in [0.15, 0.2) is 0 Å². The highest BCUT2D eigenvalue weighted by molar-refractivity contribution is 7.07. The van der Waals surface area contributed by atoms with E-state index in [4.69, 9.17) is 0 Å². The molecule has 2 heterocycles. The Balaban J connectivity index is 1.82. The smallest absolute Gasteiger partial charge is 0.222 e. The third-order valence-electron chi connectivity index (χ3n) is 4.83. The molecule has 0 aliphatic carbocycles. The van der Waals surface area contributed by atoms with Crippen LogP contribution in [-0.2, 0) is 11.3 Å². The zero-order valence-electron chi connectivity index (χ0n) is 15.7. The largest absolute Gasteiger partial charge is 0.338 e. The Morgan fingerprint density at radius 3 is 2.54 bits per heavy atom. The molecule has 4 nitrogen and oxygen atoms in total. The number of likely N-dealkylation sites (N-methyl/N-ethyl adjacent to an activating group) is 1. The van der Waals surface area contributed by atoms with Crippen LogP contribution in [0.5, 0.6) is 0 Å². The minimum Gasteiger partial charge on any atom is -0.338 e. The summed E-state index contributed by atoms with van der Waals surface area (Å²) in [6, 6.07) is 2.61. The molecule has 1 aromatic rings. The number of carbonyl (C=O) groups is 1. The predicted octanol–water partition coefficient (Wildman–Crippen LogP) is 3.15. The van der Waals surface area contributed by atoms with Crippen molar-refractivity contribution in [3.05, 3.63) is 22.4 Å². The number of amides is 1. The van der Waals surface area contributed by atoms with Gasteiger partial charge in [-0.1, -0.05) is 13.8 Å². The summed E-state index contributed by atoms with van der Waals surface area (Å²) in [5.41, 5.74) is 1.25. The van der Waals surface area contributed by atoms with Crippen molar-refractivity contribution in [3.63, 3.8) is 0 Å². The van der Waals surface area contributed by atoms with Crippen LogP contribution in [0.15, 0.2) is 16.8 Å². The summed E-state index contributed by atoms with van der Waals surface area (Å²) >= 11 is 1.70. The van der Waals surface area contributed by atoms with Gasteiger partial charge in [-0.05, 0) is 48.7 Å². The second kappa shape index (κ2) is 9.54. The summed E-state index contributed by atoms with van der Waals surface area (Å²) in [6.07, 6.45) is 1.62. The lowest BCUT2D eigenvalue weighted by molar-refractivity contribution is -0.132. The normalized spacial score (nSPS) is 18.0. The number of hydrogen-bond acceptors (Lipinski definition) is 4. The number of piperazine rings is 1. The van der Waals surface area contributed by atoms with Crippen LogP contribution in [0.4, 0.5) is 0 Å². The molecular formula is C19H33N3OS. The van der Waals surface area contributed by atoms with Gasteiger partial charge in [0.2, 0.25) is 5.91 Å². The maximum Gasteiger partial charge on any atom is 0.222 e. The van der Waals surface area contributed by atoms with E-state index in [2.05, 4.69) is 54.4 Å². The van der Waals surface area contributed by atoms with E-state index >= 15 is 0 Å². The molecule has 24 heavy (non-hydrogen) atoms. The highest BCUT2D eigenvalue weighted by atomic mass is 32.1. The summed E-state index contributed by atoms with van der Waals surface area (Å²) in [6.45, 7) is 12.7. The second-order valence-corrected chi connectivity index (χ2v) is 8.31. The maximum atomic E-state index is 12.7. The molecule has 2 rings (SSSR count). The van der Waals surface area contributed by atoms with Crippen molar-refractivity contribution in [2.75, 3.05) is 39.8 Å². The van der Waals surface area contributed by atoms with Crippen LogP contribution in [0.2, 0.25) is 0 Å². The number of thiophene rings is 1. The first-order chi connectivity index (χ1) is 11.5. The van der Waals surface area contributed by atoms with Gasteiger partial charge in [0.1, 0.15) is 0 Å². The topological polar surface area (TPSA) is 26.8 Å². The van der Waals surface area contributed by atoms with Crippen molar-refractivity contribution in [3.8, 4) is 0 Å². The van der Waals surface area contributed by atoms with Gasteiger partial charge in [-0.3, -0.25) is 9.69 Å². The minimum absolute atomic E-state index is 0.302. The molecular weight excluding hydrogens is 318 g/mol. The molecule has 0 bridgehead atoms. The minimum atomic E-state index is 0.302. The molecule has 1 aliphatic heterocycles. The Morgan fingerprint density at radius 1 is 1.25 bits per heavy atom. The van der Waals surface area contributed by atoms with Crippen LogP contribution < -0.4 is 0 Å². The molecule has 1 amide bonds. The number of hydrogen-bond donors (Lipinski definition) is 0. The fourth-order valence-corrected chi connectivity index (χ4v) is 3.89. The molecule has 5 heteroatoms. The molecule has 1 fully saturated rings. The van der Waals surface area contributed by atoms with E-state index in [9.17, 15) is 4.79 Å². The van der Waals surface area contributed by atoms with Gasteiger partial charge in [0.05, 0.1) is 0 Å². The molecule has 0 radical (unpaired) electrons. The zero-order valence-corrected chi connectivity index (χ0v) is 16.5. The third kappa shape index (κ3) is 6.19. The zero-order chi connectivity index (χ0) is 17.5. The van der Waals surface area contributed by atoms with E-state index in [0.717, 1.165) is 45.7 Å². The summed E-state index contributed by atoms with van der Waals surface area (Å²) in [5.74, 6) is 0.804. The molecule has 1 saturated heterocycles. The quantitative estimate of drug-likeness (QED) is 0.720. The molecule has 0 spiro atoms. The second-order valence-electron chi connectivity index (χ2n) is 7.53. The van der Waals surface area contributed by atoms with Crippen LogP contribution in [0.3, 0.4) is 0 Å². The average Bonchev–Trinajstić information content (AvgIpc) is 3.05. The van der Waals surface area contributed by atoms with E-state index in [1.165, 1.54) is 5.56 Å². The summed E-state index contributed by atoms with van der Waals surface area (Å²) in [7, 11) is 2.18. The van der Waals surface area contributed by atoms with Crippen molar-refractivity contribution in [1.82, 2.24) is 14.7 Å². The number of nitrogens with zero attached hydrogens (tertiary/aromatic N) is 3. The molecule has 0 saturated carbocycles. The van der Waals surface area contributed by atoms with Crippen molar-refractivity contribution >= 4 is 17.2 Å². The van der Waals surface area contributed by atoms with E-state index in [1.807, 2.05) is 4.90 Å². The summed E-state index contributed by atoms with van der Waals surface area (Å²) < 4.78 is 0. The van der Waals surface area contributed by atoms with Crippen molar-refractivity contribution < 1.29 is 4.79 Å². The summed E-state index contributed by atoms with van der Waals surface area (Å²) in [4.78, 5) is 19.7. The molecule has 1 aromatic heterocycles. The van der Waals surface area contributed by atoms with Gasteiger partial charge < -0.3 is 9.80 Å². The lowest BCUT2D eigenvalue weighted by Crippen LogP contribution is -2.48. The van der Waals surface area contributed by atoms with Gasteiger partial charge >= 0.3 is 0 Å². The van der Waals surface area contributed by atoms with Gasteiger partial charge in [0, 0.05) is 51.7 Å². The van der Waals surface area contributed by atoms with Gasteiger partial charge in [-0.2, -0.15) is 11.3 Å². The fourth-order valence-electron chi connectivity index (χ4n) is 3.23. The Labute approximate surface area is 151 Å². The highest BCUT2D eigenvalue weighted by Crippen LogP contribution is 2.15. The Bertz CT molecular complexity index is 481. The monoisotopic (exact) mass is 351 g/mol. The highest BCUT2D eigenvalue weighted by Gasteiger charge is 2.21. The van der Waals surface area contributed by atoms with Crippen LogP contribution in [0.25, 0.3) is 0 Å². The SMILES string of the molecule is CC(C)CN(Cc1ccsc1)C(=O)CC[C@@H](C)N1CCN(C)CC1. The van der Waals surface area contributed by atoms with Crippen molar-refractivity contribution in [2.45, 2.75) is 46.2 Å². The first kappa shape index (κ1) is 19.4. The van der Waals surface area contributed by atoms with E-state index in [1.54, 1.807) is 11.3 Å². The van der Waals surface area contributed by atoms with E-state index in [0.29, 0.717) is 24.3 Å². The fraction of sp³-hybridized carbons (Fsp3) is 0.737. The molecule has 1 atom stereocenters. The summed E-state index contributed by atoms with van der Waals surface area (Å²) in [5, 5.41) is 4.23. The lowest BCUT2D eigenvalue weighted by atomic mass is 10.1. The number of rotatable bonds is 8. The molecule has 0 aromatic carbocycles. The lowest BCUT2D eigenvalue weighted by Gasteiger charge is -2.36. The average molecular weight is 352 g/mol. The Morgan fingerprint density at radius 2 is 1.96 bits per heavy atom. The van der Waals surface area contributed by atoms with Gasteiger partial charge in [-0.25, -0.2) is 0 Å². The molecule has 0 N–H and O–H groups in total. The van der Waals surface area contributed by atoms with E-state index < -0.39 is 0 Å². The number of carbonyl (C=O) groups excluding carboxylic acids is 1. The standard InChI is InChI=1S/C19H33N3OS/c1-16(2)13-22(14-18-7-12-24-15-18)19(23)6-5-17(3)21-10-8-20(4)9-11-21/h7,12,15-17H,5-6,8-11,13-14H2,1-4H3/t17-/m1/s1. The predicted molar refractivity (Wildman–Crippen MR) is 102 cm³/mol. The van der Waals surface area contributed by atoms with Crippen LogP contribution in [0.1, 0.15) is 39.2 Å². The Hall–Kier alpha value is -0.910. The van der Waals surface area contributed by atoms with Gasteiger partial charge in [0.25, 0.3) is 0 Å². The Kier molecular flexibility index (Phi) is 7.72. The molecule has 1 aliphatic rings. The van der Waals surface area contributed by atoms with Gasteiger partial charge in [-0.15, -0.1) is 0 Å². The maximum absolute atomic E-state index is 12.7. The van der Waals surface area contributed by atoms with E-state index in [-0.39, 0.29) is 0 Å². The van der Waals surface area contributed by atoms with Crippen LogP contribution in [-0.4, -0.2) is 66.4 Å². The van der Waals surface area contributed by atoms with Crippen molar-refractivity contribution in [2.24, 2.45) is 5.92 Å². The molecule has 0 unspecified atom stereocenters. The third-order valence-corrected chi connectivity index (χ3v) is 5.56. The van der Waals surface area contributed by atoms with Crippen LogP contribution >= 0.6 is 11.3 Å². The first-order valence-corrected chi connectivity index (χ1v) is 10.1. The first-order valence-electron chi connectivity index (χ1n) is 9.17. The van der Waals surface area contributed by atoms with Crippen LogP contribution in [0, 0.1) is 5.92 Å².